The van der Waals surface area contributed by atoms with Crippen LogP contribution in [0, 0.1) is 0 Å². The maximum Gasteiger partial charge on any atom is 0.151 e. The van der Waals surface area contributed by atoms with Crippen LogP contribution in [0.5, 0.6) is 0 Å². The number of nitrogens with one attached hydrogen (secondary N) is 2. The van der Waals surface area contributed by atoms with Crippen molar-refractivity contribution in [1.29, 1.82) is 0 Å². The summed E-state index contributed by atoms with van der Waals surface area (Å²) in [6, 6.07) is 15.5. The molecule has 2 aromatic carbocycles. The number of anilines is 2. The maximum absolute atomic E-state index is 9.58. The van der Waals surface area contributed by atoms with E-state index in [2.05, 4.69) is 31.0 Å². The van der Waals surface area contributed by atoms with Crippen molar-refractivity contribution in [2.75, 3.05) is 24.1 Å². The van der Waals surface area contributed by atoms with E-state index in [1.54, 1.807) is 54.6 Å². The van der Waals surface area contributed by atoms with Gasteiger partial charge in [0.2, 0.25) is 0 Å². The highest BCUT2D eigenvalue weighted by atomic mass is 35.5. The van der Waals surface area contributed by atoms with Gasteiger partial charge in [0.1, 0.15) is 6.33 Å². The summed E-state index contributed by atoms with van der Waals surface area (Å²) in [7, 11) is 0. The molecule has 0 spiro atoms. The molecule has 4 N–H and O–H groups in total. The number of hydrogen-bond acceptors (Lipinski definition) is 8. The number of aromatic nitrogens is 2. The Bertz CT molecular complexity index is 959. The number of aliphatic hydroxyl groups is 2. The molecule has 0 radical (unpaired) electrons. The molecule has 1 aromatic heterocycles. The fourth-order valence-electron chi connectivity index (χ4n) is 2.40. The Morgan fingerprint density at radius 2 is 1.13 bits per heavy atom. The van der Waals surface area contributed by atoms with Gasteiger partial charge in [0.05, 0.1) is 24.6 Å². The van der Waals surface area contributed by atoms with Gasteiger partial charge in [-0.3, -0.25) is 10.9 Å². The molecule has 0 unspecified atom stereocenters. The third-order valence-electron chi connectivity index (χ3n) is 3.93. The van der Waals surface area contributed by atoms with Gasteiger partial charge in [0.15, 0.2) is 11.6 Å². The van der Waals surface area contributed by atoms with E-state index < -0.39 is 0 Å². The molecule has 0 atom stereocenters. The number of nitrogens with zero attached hydrogens (tertiary/aromatic N) is 4. The van der Waals surface area contributed by atoms with E-state index in [-0.39, 0.29) is 13.2 Å². The molecule has 0 amide bonds. The summed E-state index contributed by atoms with van der Waals surface area (Å²) in [5, 5.41) is 28.7. The second kappa shape index (κ2) is 10.7. The minimum Gasteiger partial charge on any atom is -0.390 e. The lowest BCUT2D eigenvalue weighted by atomic mass is 10.1. The standard InChI is InChI=1S/C20H18Cl2N6O2/c21-15-5-1-13(2-6-15)17(10-29)25-27-19-9-20(24-12-23-19)28-26-18(11-30)14-3-7-16(22)8-4-14/h1-9,12,29-30H,10-11H2,(H2,23,24,27,28). The first-order chi connectivity index (χ1) is 14.6. The van der Waals surface area contributed by atoms with Crippen molar-refractivity contribution in [2.45, 2.75) is 0 Å². The van der Waals surface area contributed by atoms with Gasteiger partial charge in [-0.15, -0.1) is 0 Å². The Balaban J connectivity index is 1.72. The first kappa shape index (κ1) is 21.7. The fourth-order valence-corrected chi connectivity index (χ4v) is 2.65. The van der Waals surface area contributed by atoms with E-state index in [1.807, 2.05) is 0 Å². The predicted octanol–water partition coefficient (Wildman–Crippen LogP) is 3.40. The molecule has 8 nitrogen and oxygen atoms in total. The number of rotatable bonds is 8. The molecule has 10 heteroatoms. The van der Waals surface area contributed by atoms with Crippen molar-refractivity contribution in [3.8, 4) is 0 Å². The number of hydrogen-bond donors (Lipinski definition) is 4. The smallest absolute Gasteiger partial charge is 0.151 e. The van der Waals surface area contributed by atoms with E-state index in [0.717, 1.165) is 11.1 Å². The van der Waals surface area contributed by atoms with Crippen molar-refractivity contribution in [3.05, 3.63) is 82.1 Å². The SMILES string of the molecule is OCC(=NNc1cc(NN=C(CO)c2ccc(Cl)cc2)ncn1)c1ccc(Cl)cc1. The molecule has 0 fully saturated rings. The lowest BCUT2D eigenvalue weighted by molar-refractivity contribution is 0.357. The maximum atomic E-state index is 9.58. The van der Waals surface area contributed by atoms with Crippen LogP contribution in [0.4, 0.5) is 11.6 Å². The molecule has 30 heavy (non-hydrogen) atoms. The first-order valence-corrected chi connectivity index (χ1v) is 9.55. The average molecular weight is 445 g/mol. The Hall–Kier alpha value is -3.04. The molecule has 0 aliphatic heterocycles. The Morgan fingerprint density at radius 1 is 0.733 bits per heavy atom. The zero-order chi connectivity index (χ0) is 21.3. The van der Waals surface area contributed by atoms with E-state index in [0.29, 0.717) is 33.1 Å². The van der Waals surface area contributed by atoms with Gasteiger partial charge in [0.25, 0.3) is 0 Å². The minimum absolute atomic E-state index is 0.268. The van der Waals surface area contributed by atoms with E-state index in [9.17, 15) is 10.2 Å². The van der Waals surface area contributed by atoms with Crippen LogP contribution in [0.3, 0.4) is 0 Å². The van der Waals surface area contributed by atoms with Crippen molar-refractivity contribution in [1.82, 2.24) is 9.97 Å². The van der Waals surface area contributed by atoms with Gasteiger partial charge in [0, 0.05) is 27.2 Å². The highest BCUT2D eigenvalue weighted by Gasteiger charge is 2.05. The molecule has 0 saturated carbocycles. The second-order valence-electron chi connectivity index (χ2n) is 5.96. The Morgan fingerprint density at radius 3 is 1.50 bits per heavy atom. The van der Waals surface area contributed by atoms with Gasteiger partial charge in [-0.1, -0.05) is 47.5 Å². The molecular weight excluding hydrogens is 427 g/mol. The summed E-state index contributed by atoms with van der Waals surface area (Å²) in [6.07, 6.45) is 1.33. The highest BCUT2D eigenvalue weighted by molar-refractivity contribution is 6.31. The largest absolute Gasteiger partial charge is 0.390 e. The topological polar surface area (TPSA) is 115 Å². The zero-order valence-electron chi connectivity index (χ0n) is 15.6. The first-order valence-electron chi connectivity index (χ1n) is 8.80. The van der Waals surface area contributed by atoms with Crippen molar-refractivity contribution >= 4 is 46.3 Å². The molecule has 1 heterocycles. The summed E-state index contributed by atoms with van der Waals surface area (Å²) in [5.41, 5.74) is 7.85. The van der Waals surface area contributed by atoms with Gasteiger partial charge in [-0.2, -0.15) is 10.2 Å². The van der Waals surface area contributed by atoms with Crippen LogP contribution in [-0.2, 0) is 0 Å². The zero-order valence-corrected chi connectivity index (χ0v) is 17.1. The predicted molar refractivity (Wildman–Crippen MR) is 119 cm³/mol. The van der Waals surface area contributed by atoms with E-state index in [1.165, 1.54) is 6.33 Å². The van der Waals surface area contributed by atoms with Crippen molar-refractivity contribution < 1.29 is 10.2 Å². The van der Waals surface area contributed by atoms with Crippen LogP contribution >= 0.6 is 23.2 Å². The molecule has 3 aromatic rings. The van der Waals surface area contributed by atoms with Gasteiger partial charge >= 0.3 is 0 Å². The molecule has 0 saturated heterocycles. The van der Waals surface area contributed by atoms with Crippen molar-refractivity contribution in [2.24, 2.45) is 10.2 Å². The van der Waals surface area contributed by atoms with Crippen LogP contribution < -0.4 is 10.9 Å². The Labute approximate surface area is 182 Å². The number of aliphatic hydroxyl groups excluding tert-OH is 2. The van der Waals surface area contributed by atoms with Crippen LogP contribution in [0.15, 0.2) is 71.1 Å². The molecule has 0 aliphatic rings. The third kappa shape index (κ3) is 5.98. The summed E-state index contributed by atoms with van der Waals surface area (Å²) < 4.78 is 0. The van der Waals surface area contributed by atoms with Gasteiger partial charge < -0.3 is 10.2 Å². The van der Waals surface area contributed by atoms with Crippen molar-refractivity contribution in [3.63, 3.8) is 0 Å². The van der Waals surface area contributed by atoms with Crippen LogP contribution in [0.1, 0.15) is 11.1 Å². The second-order valence-corrected chi connectivity index (χ2v) is 6.83. The minimum atomic E-state index is -0.268. The molecule has 154 valence electrons. The van der Waals surface area contributed by atoms with Crippen LogP contribution in [0.2, 0.25) is 10.0 Å². The number of benzene rings is 2. The molecule has 0 aliphatic carbocycles. The van der Waals surface area contributed by atoms with E-state index >= 15 is 0 Å². The number of halogens is 2. The Kier molecular flexibility index (Phi) is 7.69. The van der Waals surface area contributed by atoms with Gasteiger partial charge in [-0.25, -0.2) is 9.97 Å². The monoisotopic (exact) mass is 444 g/mol. The van der Waals surface area contributed by atoms with Crippen LogP contribution in [-0.4, -0.2) is 44.8 Å². The lowest BCUT2D eigenvalue weighted by Gasteiger charge is -2.07. The lowest BCUT2D eigenvalue weighted by Crippen LogP contribution is -2.11. The molecule has 0 bridgehead atoms. The third-order valence-corrected chi connectivity index (χ3v) is 4.44. The highest BCUT2D eigenvalue weighted by Crippen LogP contribution is 2.13. The van der Waals surface area contributed by atoms with Crippen LogP contribution in [0.25, 0.3) is 0 Å². The van der Waals surface area contributed by atoms with E-state index in [4.69, 9.17) is 23.2 Å². The molecular formula is C20H18Cl2N6O2. The molecule has 3 rings (SSSR count). The summed E-state index contributed by atoms with van der Waals surface area (Å²) in [6.45, 7) is -0.536. The number of hydrazone groups is 2. The normalized spacial score (nSPS) is 12.0. The quantitative estimate of drug-likeness (QED) is 0.312. The fraction of sp³-hybridized carbons (Fsp3) is 0.100. The summed E-state index contributed by atoms with van der Waals surface area (Å²) in [5.74, 6) is 0.777. The average Bonchev–Trinajstić information content (AvgIpc) is 2.77. The summed E-state index contributed by atoms with van der Waals surface area (Å²) >= 11 is 11.8. The summed E-state index contributed by atoms with van der Waals surface area (Å²) in [4.78, 5) is 8.17. The van der Waals surface area contributed by atoms with Gasteiger partial charge in [-0.05, 0) is 24.3 Å².